The summed E-state index contributed by atoms with van der Waals surface area (Å²) in [4.78, 5) is 23.3. The van der Waals surface area contributed by atoms with Gasteiger partial charge in [-0.3, -0.25) is 25.4 Å². The first-order chi connectivity index (χ1) is 20.9. The van der Waals surface area contributed by atoms with Gasteiger partial charge in [-0.15, -0.1) is 0 Å². The highest BCUT2D eigenvalue weighted by Gasteiger charge is 2.60. The second-order valence-electron chi connectivity index (χ2n) is 9.42. The van der Waals surface area contributed by atoms with Crippen LogP contribution in [-0.2, 0) is 21.9 Å². The van der Waals surface area contributed by atoms with Gasteiger partial charge in [-0.05, 0) is 52.7 Å². The Morgan fingerprint density at radius 1 is 0.932 bits per heavy atom. The minimum Gasteiger partial charge on any atom is -0.327 e. The van der Waals surface area contributed by atoms with E-state index in [1.54, 1.807) is 30.3 Å². The number of halogens is 8. The zero-order valence-corrected chi connectivity index (χ0v) is 24.3. The van der Waals surface area contributed by atoms with Gasteiger partial charge in [0.05, 0.1) is 27.4 Å². The predicted octanol–water partition coefficient (Wildman–Crippen LogP) is 8.33. The summed E-state index contributed by atoms with van der Waals surface area (Å²) < 4.78 is 70.9. The van der Waals surface area contributed by atoms with Gasteiger partial charge in [-0.1, -0.05) is 71.2 Å². The summed E-state index contributed by atoms with van der Waals surface area (Å²) in [6.07, 6.45) is -1.62. The molecule has 4 aromatic carbocycles. The number of hydroxylamine groups is 2. The maximum Gasteiger partial charge on any atom is 0.428 e. The fourth-order valence-corrected chi connectivity index (χ4v) is 5.11. The van der Waals surface area contributed by atoms with Crippen molar-refractivity contribution >= 4 is 57.2 Å². The lowest BCUT2D eigenvalue weighted by Crippen LogP contribution is -2.42. The highest BCUT2D eigenvalue weighted by atomic mass is 35.5. The Morgan fingerprint density at radius 3 is 2.32 bits per heavy atom. The first-order valence-corrected chi connectivity index (χ1v) is 13.7. The van der Waals surface area contributed by atoms with Crippen LogP contribution in [-0.4, -0.2) is 12.1 Å². The molecule has 0 aromatic heterocycles. The van der Waals surface area contributed by atoms with Crippen LogP contribution >= 0.6 is 34.8 Å². The minimum absolute atomic E-state index is 0.00965. The molecule has 1 aliphatic heterocycles. The van der Waals surface area contributed by atoms with Gasteiger partial charge in [-0.2, -0.15) is 13.2 Å². The molecule has 1 atom stereocenters. The van der Waals surface area contributed by atoms with Crippen LogP contribution in [0.15, 0.2) is 85.2 Å². The van der Waals surface area contributed by atoms with Gasteiger partial charge in [0.15, 0.2) is 5.82 Å². The van der Waals surface area contributed by atoms with Gasteiger partial charge >= 0.3 is 6.18 Å². The second kappa shape index (κ2) is 12.6. The summed E-state index contributed by atoms with van der Waals surface area (Å²) in [6.45, 7) is 0.0168. The zero-order chi connectivity index (χ0) is 31.6. The van der Waals surface area contributed by atoms with Crippen LogP contribution in [0.4, 0.5) is 22.0 Å². The van der Waals surface area contributed by atoms with Crippen molar-refractivity contribution in [1.29, 1.82) is 0 Å². The average Bonchev–Trinajstić information content (AvgIpc) is 3.45. The van der Waals surface area contributed by atoms with Crippen molar-refractivity contribution in [3.63, 3.8) is 0 Å². The number of hydrogen-bond donors (Lipinski definition) is 3. The summed E-state index contributed by atoms with van der Waals surface area (Å²) in [6, 6.07) is 15.3. The third-order valence-electron chi connectivity index (χ3n) is 6.63. The Morgan fingerprint density at radius 2 is 1.64 bits per heavy atom. The standard InChI is InChI=1S/C30H19Cl3F5N3O3/c31-22-8-5-16(11-25(22)34)15-43-40-10-9-39-28(42)21-7-6-20(18-3-1-2-4-19(18)21)26-14-29(44-41-26,30(36,37)38)17-12-23(32)27(35)24(33)13-17/h1-14,40-41H,15H2,(H,39,42). The summed E-state index contributed by atoms with van der Waals surface area (Å²) in [5, 5.41) is 2.23. The van der Waals surface area contributed by atoms with E-state index >= 15 is 0 Å². The van der Waals surface area contributed by atoms with E-state index in [-0.39, 0.29) is 22.9 Å². The lowest BCUT2D eigenvalue weighted by molar-refractivity contribution is -0.269. The molecule has 0 radical (unpaired) electrons. The van der Waals surface area contributed by atoms with Crippen molar-refractivity contribution in [3.8, 4) is 0 Å². The maximum atomic E-state index is 14.5. The number of amides is 1. The van der Waals surface area contributed by atoms with Gasteiger partial charge in [0.25, 0.3) is 5.91 Å². The summed E-state index contributed by atoms with van der Waals surface area (Å²) in [5.74, 6) is -2.16. The first-order valence-electron chi connectivity index (χ1n) is 12.6. The molecule has 0 fully saturated rings. The molecule has 3 N–H and O–H groups in total. The largest absolute Gasteiger partial charge is 0.428 e. The minimum atomic E-state index is -5.00. The fraction of sp³-hybridized carbons (Fsp3) is 0.100. The number of alkyl halides is 3. The molecule has 6 nitrogen and oxygen atoms in total. The van der Waals surface area contributed by atoms with E-state index in [1.165, 1.54) is 36.7 Å². The van der Waals surface area contributed by atoms with Gasteiger partial charge < -0.3 is 5.32 Å². The molecular formula is C30H19Cl3F5N3O3. The molecule has 0 saturated heterocycles. The van der Waals surface area contributed by atoms with E-state index in [1.807, 2.05) is 0 Å². The van der Waals surface area contributed by atoms with Gasteiger partial charge in [-0.25, -0.2) is 8.78 Å². The average molecular weight is 671 g/mol. The van der Waals surface area contributed by atoms with E-state index in [0.29, 0.717) is 21.9 Å². The molecule has 14 heteroatoms. The SMILES string of the molecule is O=C(NC=CNOCc1ccc(Cl)c(F)c1)c1ccc(C2=CC(c3cc(Cl)c(F)c(Cl)c3)(C(F)(F)F)ON2)c2ccccc12. The Bertz CT molecular complexity index is 1790. The van der Waals surface area contributed by atoms with E-state index < -0.39 is 44.9 Å². The van der Waals surface area contributed by atoms with Gasteiger partial charge in [0, 0.05) is 29.1 Å². The normalized spacial score (nSPS) is 16.7. The molecule has 0 spiro atoms. The van der Waals surface area contributed by atoms with E-state index in [0.717, 1.165) is 18.2 Å². The highest BCUT2D eigenvalue weighted by molar-refractivity contribution is 6.35. The molecule has 5 rings (SSSR count). The highest BCUT2D eigenvalue weighted by Crippen LogP contribution is 2.49. The van der Waals surface area contributed by atoms with Crippen LogP contribution in [0.3, 0.4) is 0 Å². The molecule has 1 amide bonds. The zero-order valence-electron chi connectivity index (χ0n) is 22.0. The molecule has 1 unspecified atom stereocenters. The Hall–Kier alpha value is -3.87. The third-order valence-corrected chi connectivity index (χ3v) is 7.49. The quantitative estimate of drug-likeness (QED) is 0.0761. The molecule has 1 heterocycles. The van der Waals surface area contributed by atoms with E-state index in [4.69, 9.17) is 44.5 Å². The van der Waals surface area contributed by atoms with E-state index in [2.05, 4.69) is 16.3 Å². The number of rotatable bonds is 8. The number of carbonyl (C=O) groups is 1. The first kappa shape index (κ1) is 31.6. The lowest BCUT2D eigenvalue weighted by atomic mass is 9.90. The molecule has 0 saturated carbocycles. The summed E-state index contributed by atoms with van der Waals surface area (Å²) in [5.41, 5.74) is 2.25. The van der Waals surface area contributed by atoms with Crippen molar-refractivity contribution in [3.05, 3.63) is 134 Å². The molecule has 228 valence electrons. The number of hydrogen-bond acceptors (Lipinski definition) is 5. The number of fused-ring (bicyclic) bond motifs is 1. The van der Waals surface area contributed by atoms with Crippen LogP contribution in [0.2, 0.25) is 15.1 Å². The molecular weight excluding hydrogens is 652 g/mol. The van der Waals surface area contributed by atoms with Crippen molar-refractivity contribution in [1.82, 2.24) is 16.3 Å². The maximum absolute atomic E-state index is 14.5. The van der Waals surface area contributed by atoms with Crippen LogP contribution in [0.1, 0.15) is 27.0 Å². The predicted molar refractivity (Wildman–Crippen MR) is 156 cm³/mol. The topological polar surface area (TPSA) is 71.6 Å². The fourth-order valence-electron chi connectivity index (χ4n) is 4.51. The van der Waals surface area contributed by atoms with Crippen LogP contribution in [0.25, 0.3) is 16.5 Å². The number of carbonyl (C=O) groups excluding carboxylic acids is 1. The van der Waals surface area contributed by atoms with Gasteiger partial charge in [0.2, 0.25) is 5.60 Å². The summed E-state index contributed by atoms with van der Waals surface area (Å²) >= 11 is 17.2. The smallest absolute Gasteiger partial charge is 0.327 e. The second-order valence-corrected chi connectivity index (χ2v) is 10.6. The Labute approximate surface area is 261 Å². The molecule has 44 heavy (non-hydrogen) atoms. The molecule has 1 aliphatic rings. The van der Waals surface area contributed by atoms with Crippen LogP contribution in [0.5, 0.6) is 0 Å². The molecule has 4 aromatic rings. The summed E-state index contributed by atoms with van der Waals surface area (Å²) in [7, 11) is 0. The monoisotopic (exact) mass is 669 g/mol. The number of nitrogens with one attached hydrogen (secondary N) is 3. The van der Waals surface area contributed by atoms with Crippen molar-refractivity contribution in [2.24, 2.45) is 0 Å². The van der Waals surface area contributed by atoms with Crippen LogP contribution in [0, 0.1) is 11.6 Å². The van der Waals surface area contributed by atoms with Crippen LogP contribution < -0.4 is 16.3 Å². The van der Waals surface area contributed by atoms with Crippen molar-refractivity contribution < 1.29 is 36.4 Å². The van der Waals surface area contributed by atoms with Crippen molar-refractivity contribution in [2.75, 3.05) is 0 Å². The molecule has 0 bridgehead atoms. The lowest BCUT2D eigenvalue weighted by Gasteiger charge is -2.28. The number of benzene rings is 4. The Balaban J connectivity index is 1.36. The Kier molecular flexibility index (Phi) is 9.05. The van der Waals surface area contributed by atoms with Crippen molar-refractivity contribution in [2.45, 2.75) is 18.4 Å². The molecule has 0 aliphatic carbocycles. The van der Waals surface area contributed by atoms with Gasteiger partial charge in [0.1, 0.15) is 5.82 Å². The third kappa shape index (κ3) is 6.19. The van der Waals surface area contributed by atoms with E-state index in [9.17, 15) is 26.7 Å².